The van der Waals surface area contributed by atoms with Crippen LogP contribution in [0.2, 0.25) is 0 Å². The van der Waals surface area contributed by atoms with E-state index in [1.54, 1.807) is 0 Å². The third-order valence-corrected chi connectivity index (χ3v) is 7.31. The van der Waals surface area contributed by atoms with Crippen LogP contribution >= 0.6 is 0 Å². The van der Waals surface area contributed by atoms with Gasteiger partial charge in [-0.25, -0.2) is 4.68 Å². The van der Waals surface area contributed by atoms with E-state index in [4.69, 9.17) is 5.10 Å². The number of carbonyl (C=O) groups excluding carboxylic acids is 2. The molecule has 5 heteroatoms. The first-order chi connectivity index (χ1) is 15.9. The Morgan fingerprint density at radius 1 is 1.00 bits per heavy atom. The Morgan fingerprint density at radius 2 is 1.65 bits per heavy atom. The average molecular weight is 456 g/mol. The Hall–Kier alpha value is -3.21. The van der Waals surface area contributed by atoms with E-state index in [9.17, 15) is 9.59 Å². The van der Waals surface area contributed by atoms with E-state index in [2.05, 4.69) is 39.9 Å². The van der Waals surface area contributed by atoms with Gasteiger partial charge in [0.25, 0.3) is 0 Å². The number of rotatable bonds is 2. The van der Waals surface area contributed by atoms with Crippen molar-refractivity contribution >= 4 is 17.4 Å². The fourth-order valence-electron chi connectivity index (χ4n) is 5.77. The summed E-state index contributed by atoms with van der Waals surface area (Å²) in [4.78, 5) is 28.4. The first-order valence-corrected chi connectivity index (χ1v) is 12.0. The molecule has 1 fully saturated rings. The van der Waals surface area contributed by atoms with Crippen LogP contribution in [0.3, 0.4) is 0 Å². The van der Waals surface area contributed by atoms with Crippen LogP contribution in [-0.4, -0.2) is 21.3 Å². The monoisotopic (exact) mass is 455 g/mol. The molecule has 3 aromatic rings. The van der Waals surface area contributed by atoms with Crippen molar-refractivity contribution in [2.45, 2.75) is 65.8 Å². The minimum absolute atomic E-state index is 0.0264. The molecule has 1 spiro atoms. The molecule has 5 rings (SSSR count). The largest absolute Gasteiger partial charge is 0.361 e. The number of anilines is 1. The maximum absolute atomic E-state index is 14.6. The summed E-state index contributed by atoms with van der Waals surface area (Å²) in [6.07, 6.45) is 0.915. The summed E-state index contributed by atoms with van der Waals surface area (Å²) in [5.41, 5.74) is 2.51. The minimum Gasteiger partial charge on any atom is -0.361 e. The number of para-hydroxylation sites is 1. The van der Waals surface area contributed by atoms with Crippen LogP contribution in [-0.2, 0) is 10.2 Å². The number of carbonyl (C=O) groups is 2. The number of Topliss-reactive ketones (excluding diaryl/α,β-unsaturated/α-hetero) is 2. The lowest BCUT2D eigenvalue weighted by Gasteiger charge is -2.41. The van der Waals surface area contributed by atoms with Gasteiger partial charge in [0.05, 0.1) is 23.0 Å². The lowest BCUT2D eigenvalue weighted by atomic mass is 9.65. The maximum atomic E-state index is 14.6. The molecule has 5 nitrogen and oxygen atoms in total. The number of benzene rings is 2. The topological polar surface area (TPSA) is 64.0 Å². The molecule has 176 valence electrons. The van der Waals surface area contributed by atoms with E-state index in [1.165, 1.54) is 0 Å². The van der Waals surface area contributed by atoms with Crippen molar-refractivity contribution < 1.29 is 9.59 Å². The molecule has 2 aliphatic rings. The van der Waals surface area contributed by atoms with Crippen molar-refractivity contribution in [2.75, 3.05) is 5.32 Å². The van der Waals surface area contributed by atoms with E-state index in [-0.39, 0.29) is 22.4 Å². The van der Waals surface area contributed by atoms with Crippen molar-refractivity contribution in [2.24, 2.45) is 10.8 Å². The molecule has 1 N–H and O–H groups in total. The molecule has 2 atom stereocenters. The summed E-state index contributed by atoms with van der Waals surface area (Å²) in [5.74, 6) is 0.614. The van der Waals surface area contributed by atoms with E-state index < -0.39 is 11.5 Å². The highest BCUT2D eigenvalue weighted by molar-refractivity contribution is 6.20. The fraction of sp³-hybridized carbons (Fsp3) is 0.414. The van der Waals surface area contributed by atoms with Gasteiger partial charge in [0.15, 0.2) is 5.78 Å². The van der Waals surface area contributed by atoms with Crippen LogP contribution in [0, 0.1) is 17.8 Å². The van der Waals surface area contributed by atoms with Gasteiger partial charge in [-0.05, 0) is 36.5 Å². The Bertz CT molecular complexity index is 1280. The van der Waals surface area contributed by atoms with Crippen LogP contribution in [0.5, 0.6) is 0 Å². The van der Waals surface area contributed by atoms with Gasteiger partial charge in [-0.1, -0.05) is 82.6 Å². The summed E-state index contributed by atoms with van der Waals surface area (Å²) < 4.78 is 1.84. The Kier molecular flexibility index (Phi) is 4.91. The van der Waals surface area contributed by atoms with Crippen molar-refractivity contribution in [3.8, 4) is 5.69 Å². The molecule has 1 aliphatic carbocycles. The predicted octanol–water partition coefficient (Wildman–Crippen LogP) is 6.20. The molecular formula is C29H33N3O2. The molecule has 1 aliphatic heterocycles. The van der Waals surface area contributed by atoms with E-state index in [0.29, 0.717) is 24.2 Å². The summed E-state index contributed by atoms with van der Waals surface area (Å²) in [6, 6.07) is 17.6. The number of hydrogen-bond acceptors (Lipinski definition) is 4. The highest BCUT2D eigenvalue weighted by atomic mass is 16.2. The second kappa shape index (κ2) is 7.39. The van der Waals surface area contributed by atoms with E-state index in [1.807, 2.05) is 66.2 Å². The molecule has 34 heavy (non-hydrogen) atoms. The van der Waals surface area contributed by atoms with Crippen molar-refractivity contribution in [1.82, 2.24) is 9.78 Å². The minimum atomic E-state index is -1.14. The summed E-state index contributed by atoms with van der Waals surface area (Å²) in [5, 5.41) is 8.65. The van der Waals surface area contributed by atoms with Crippen molar-refractivity contribution in [1.29, 1.82) is 0 Å². The van der Waals surface area contributed by atoms with Crippen LogP contribution in [0.4, 0.5) is 5.82 Å². The Balaban J connectivity index is 1.80. The molecule has 0 bridgehead atoms. The van der Waals surface area contributed by atoms with E-state index in [0.717, 1.165) is 22.5 Å². The van der Waals surface area contributed by atoms with Gasteiger partial charge in [0.2, 0.25) is 0 Å². The predicted molar refractivity (Wildman–Crippen MR) is 135 cm³/mol. The third kappa shape index (κ3) is 3.32. The van der Waals surface area contributed by atoms with Gasteiger partial charge >= 0.3 is 0 Å². The smallest absolute Gasteiger partial charge is 0.184 e. The van der Waals surface area contributed by atoms with Crippen LogP contribution in [0.1, 0.15) is 80.7 Å². The molecular weight excluding hydrogens is 422 g/mol. The molecule has 0 unspecified atom stereocenters. The summed E-state index contributed by atoms with van der Waals surface area (Å²) >= 11 is 0. The molecule has 2 heterocycles. The van der Waals surface area contributed by atoms with Crippen LogP contribution in [0.25, 0.3) is 5.69 Å². The molecule has 2 aromatic carbocycles. The number of ketones is 2. The summed E-state index contributed by atoms with van der Waals surface area (Å²) in [7, 11) is 0. The number of nitrogens with zero attached hydrogens (tertiary/aromatic N) is 2. The number of nitrogens with one attached hydrogen (secondary N) is 1. The van der Waals surface area contributed by atoms with Gasteiger partial charge in [-0.2, -0.15) is 5.10 Å². The zero-order valence-corrected chi connectivity index (χ0v) is 20.9. The third-order valence-electron chi connectivity index (χ3n) is 7.31. The normalized spacial score (nSPS) is 23.8. The van der Waals surface area contributed by atoms with Crippen molar-refractivity contribution in [3.63, 3.8) is 0 Å². The molecule has 1 aromatic heterocycles. The molecule has 1 saturated carbocycles. The van der Waals surface area contributed by atoms with Gasteiger partial charge in [0.1, 0.15) is 17.0 Å². The molecule has 0 radical (unpaired) electrons. The quantitative estimate of drug-likeness (QED) is 0.467. The standard InChI is InChI=1S/C29H33N3O2/c1-18-12-14-19(15-13-18)23-29(17-28(5,6)16-21(29)33)25(34)22-24(27(2,3)4)31-32(26(22)30-23)20-10-8-7-9-11-20/h7-15,23,30H,16-17H2,1-6H3/t23-,29+/m1/s1. The number of hydrogen-bond donors (Lipinski definition) is 1. The van der Waals surface area contributed by atoms with Crippen LogP contribution in [0.15, 0.2) is 54.6 Å². The molecule has 0 amide bonds. The first-order valence-electron chi connectivity index (χ1n) is 12.0. The van der Waals surface area contributed by atoms with E-state index >= 15 is 0 Å². The lowest BCUT2D eigenvalue weighted by molar-refractivity contribution is -0.124. The maximum Gasteiger partial charge on any atom is 0.184 e. The fourth-order valence-corrected chi connectivity index (χ4v) is 5.77. The second-order valence-electron chi connectivity index (χ2n) is 11.8. The van der Waals surface area contributed by atoms with Crippen LogP contribution < -0.4 is 5.32 Å². The van der Waals surface area contributed by atoms with Crippen molar-refractivity contribution in [3.05, 3.63) is 77.0 Å². The lowest BCUT2D eigenvalue weighted by Crippen LogP contribution is -2.48. The highest BCUT2D eigenvalue weighted by Gasteiger charge is 2.63. The zero-order chi connectivity index (χ0) is 24.5. The van der Waals surface area contributed by atoms with Gasteiger partial charge in [-0.3, -0.25) is 9.59 Å². The SMILES string of the molecule is Cc1ccc([C@H]2Nc3c(c(C(C)(C)C)nn3-c3ccccc3)C(=O)[C@]23CC(C)(C)CC3=O)cc1. The number of aryl methyl sites for hydroxylation is 1. The Morgan fingerprint density at radius 3 is 2.21 bits per heavy atom. The summed E-state index contributed by atoms with van der Waals surface area (Å²) in [6.45, 7) is 12.4. The van der Waals surface area contributed by atoms with Gasteiger partial charge in [0, 0.05) is 11.8 Å². The number of fused-ring (bicyclic) bond motifs is 1. The Labute approximate surface area is 201 Å². The zero-order valence-electron chi connectivity index (χ0n) is 20.9. The first kappa shape index (κ1) is 22.6. The second-order valence-corrected chi connectivity index (χ2v) is 11.8. The van der Waals surface area contributed by atoms with Gasteiger partial charge < -0.3 is 5.32 Å². The number of aromatic nitrogens is 2. The average Bonchev–Trinajstić information content (AvgIpc) is 3.27. The van der Waals surface area contributed by atoms with Gasteiger partial charge in [-0.15, -0.1) is 0 Å². The highest BCUT2D eigenvalue weighted by Crippen LogP contribution is 2.58. The molecule has 0 saturated heterocycles.